The zero-order valence-corrected chi connectivity index (χ0v) is 13.0. The highest BCUT2D eigenvalue weighted by molar-refractivity contribution is 6.08. The van der Waals surface area contributed by atoms with E-state index in [1.807, 2.05) is 37.3 Å². The Labute approximate surface area is 134 Å². The summed E-state index contributed by atoms with van der Waals surface area (Å²) in [6.45, 7) is 1.89. The summed E-state index contributed by atoms with van der Waals surface area (Å²) in [4.78, 5) is 12.5. The predicted molar refractivity (Wildman–Crippen MR) is 91.3 cm³/mol. The molecule has 3 rings (SSSR count). The van der Waals surface area contributed by atoms with Gasteiger partial charge in [0.25, 0.3) is 5.91 Å². The van der Waals surface area contributed by atoms with Crippen molar-refractivity contribution in [2.24, 2.45) is 0 Å². The average Bonchev–Trinajstić information content (AvgIpc) is 2.55. The summed E-state index contributed by atoms with van der Waals surface area (Å²) >= 11 is 0. The fourth-order valence-corrected chi connectivity index (χ4v) is 2.50. The summed E-state index contributed by atoms with van der Waals surface area (Å²) in [6.07, 6.45) is 0. The van der Waals surface area contributed by atoms with Gasteiger partial charge in [-0.05, 0) is 53.6 Å². The van der Waals surface area contributed by atoms with Gasteiger partial charge < -0.3 is 15.2 Å². The monoisotopic (exact) mass is 307 g/mol. The number of benzene rings is 3. The molecule has 0 bridgehead atoms. The van der Waals surface area contributed by atoms with Crippen molar-refractivity contribution >= 4 is 22.4 Å². The molecule has 116 valence electrons. The molecule has 23 heavy (non-hydrogen) atoms. The number of anilines is 1. The molecule has 0 aliphatic carbocycles. The van der Waals surface area contributed by atoms with Gasteiger partial charge in [-0.3, -0.25) is 4.79 Å². The average molecular weight is 307 g/mol. The van der Waals surface area contributed by atoms with Crippen LogP contribution in [0.2, 0.25) is 0 Å². The van der Waals surface area contributed by atoms with Gasteiger partial charge in [-0.2, -0.15) is 0 Å². The molecule has 0 aliphatic rings. The van der Waals surface area contributed by atoms with Gasteiger partial charge in [0, 0.05) is 5.69 Å². The number of phenolic OH excluding ortho intramolecular Hbond substituents is 1. The molecule has 3 aromatic carbocycles. The number of carbonyl (C=O) groups excluding carboxylic acids is 1. The third kappa shape index (κ3) is 2.97. The number of aromatic hydroxyl groups is 1. The zero-order chi connectivity index (χ0) is 16.4. The van der Waals surface area contributed by atoms with Crippen LogP contribution in [0.4, 0.5) is 5.69 Å². The van der Waals surface area contributed by atoms with Crippen molar-refractivity contribution in [1.82, 2.24) is 0 Å². The molecule has 2 N–H and O–H groups in total. The van der Waals surface area contributed by atoms with Gasteiger partial charge >= 0.3 is 0 Å². The van der Waals surface area contributed by atoms with E-state index >= 15 is 0 Å². The number of ether oxygens (including phenoxy) is 1. The fourth-order valence-electron chi connectivity index (χ4n) is 2.50. The Kier molecular flexibility index (Phi) is 3.89. The van der Waals surface area contributed by atoms with Crippen LogP contribution in [0.15, 0.2) is 54.6 Å². The quantitative estimate of drug-likeness (QED) is 0.765. The smallest absolute Gasteiger partial charge is 0.259 e. The molecule has 0 saturated carbocycles. The second-order valence-electron chi connectivity index (χ2n) is 5.35. The van der Waals surface area contributed by atoms with Gasteiger partial charge in [-0.1, -0.05) is 24.3 Å². The van der Waals surface area contributed by atoms with Crippen molar-refractivity contribution in [1.29, 1.82) is 0 Å². The van der Waals surface area contributed by atoms with Crippen LogP contribution in [0.25, 0.3) is 10.8 Å². The third-order valence-electron chi connectivity index (χ3n) is 3.79. The predicted octanol–water partition coefficient (Wildman–Crippen LogP) is 4.11. The molecule has 4 heteroatoms. The number of phenols is 1. The highest BCUT2D eigenvalue weighted by Crippen LogP contribution is 2.27. The maximum atomic E-state index is 12.5. The molecule has 0 aromatic heterocycles. The lowest BCUT2D eigenvalue weighted by molar-refractivity contribution is 0.102. The van der Waals surface area contributed by atoms with E-state index in [-0.39, 0.29) is 17.2 Å². The minimum absolute atomic E-state index is 0.0348. The lowest BCUT2D eigenvalue weighted by atomic mass is 10.1. The van der Waals surface area contributed by atoms with Crippen molar-refractivity contribution in [3.8, 4) is 11.5 Å². The van der Waals surface area contributed by atoms with Crippen LogP contribution in [0.1, 0.15) is 15.9 Å². The molecule has 4 nitrogen and oxygen atoms in total. The summed E-state index contributed by atoms with van der Waals surface area (Å²) in [5, 5.41) is 14.8. The first-order valence-electron chi connectivity index (χ1n) is 7.26. The van der Waals surface area contributed by atoms with Crippen molar-refractivity contribution in [2.75, 3.05) is 12.4 Å². The van der Waals surface area contributed by atoms with Crippen LogP contribution in [-0.4, -0.2) is 18.1 Å². The minimum atomic E-state index is -0.346. The van der Waals surface area contributed by atoms with Gasteiger partial charge in [0.15, 0.2) is 0 Å². The molecule has 3 aromatic rings. The first-order chi connectivity index (χ1) is 11.1. The Morgan fingerprint density at radius 1 is 1.04 bits per heavy atom. The van der Waals surface area contributed by atoms with Crippen LogP contribution in [-0.2, 0) is 0 Å². The Morgan fingerprint density at radius 3 is 2.39 bits per heavy atom. The second-order valence-corrected chi connectivity index (χ2v) is 5.35. The van der Waals surface area contributed by atoms with Crippen LogP contribution in [0, 0.1) is 6.92 Å². The number of hydrogen-bond donors (Lipinski definition) is 2. The van der Waals surface area contributed by atoms with Crippen molar-refractivity contribution in [2.45, 2.75) is 6.92 Å². The van der Waals surface area contributed by atoms with Crippen LogP contribution in [0.5, 0.6) is 11.5 Å². The fraction of sp³-hybridized carbons (Fsp3) is 0.105. The Bertz CT molecular complexity index is 887. The first kappa shape index (κ1) is 14.9. The highest BCUT2D eigenvalue weighted by Gasteiger charge is 2.14. The third-order valence-corrected chi connectivity index (χ3v) is 3.79. The molecular formula is C19H17NO3. The zero-order valence-electron chi connectivity index (χ0n) is 13.0. The first-order valence-corrected chi connectivity index (χ1v) is 7.26. The summed E-state index contributed by atoms with van der Waals surface area (Å²) in [5.74, 6) is 0.350. The summed E-state index contributed by atoms with van der Waals surface area (Å²) in [6, 6.07) is 16.3. The summed E-state index contributed by atoms with van der Waals surface area (Å²) in [5.41, 5.74) is 1.82. The largest absolute Gasteiger partial charge is 0.507 e. The number of nitrogens with one attached hydrogen (secondary N) is 1. The number of amides is 1. The number of carbonyl (C=O) groups is 1. The van der Waals surface area contributed by atoms with E-state index in [0.29, 0.717) is 5.69 Å². The lowest BCUT2D eigenvalue weighted by Crippen LogP contribution is -2.13. The maximum Gasteiger partial charge on any atom is 0.259 e. The highest BCUT2D eigenvalue weighted by atomic mass is 16.5. The van der Waals surface area contributed by atoms with E-state index in [0.717, 1.165) is 22.1 Å². The number of fused-ring (bicyclic) bond motifs is 1. The van der Waals surface area contributed by atoms with Crippen molar-refractivity contribution < 1.29 is 14.6 Å². The van der Waals surface area contributed by atoms with E-state index < -0.39 is 0 Å². The van der Waals surface area contributed by atoms with E-state index in [1.54, 1.807) is 31.4 Å². The standard InChI is InChI=1S/C19H17NO3/c1-12-9-15(23-2)7-8-17(12)20-19(22)16-10-13-5-3-4-6-14(13)11-18(16)21/h3-11,21H,1-2H3,(H,20,22). The minimum Gasteiger partial charge on any atom is -0.507 e. The maximum absolute atomic E-state index is 12.5. The molecule has 0 saturated heterocycles. The Morgan fingerprint density at radius 2 is 1.74 bits per heavy atom. The molecule has 0 heterocycles. The number of methoxy groups -OCH3 is 1. The Hall–Kier alpha value is -3.01. The van der Waals surface area contributed by atoms with E-state index in [4.69, 9.17) is 4.74 Å². The second kappa shape index (κ2) is 6.01. The summed E-state index contributed by atoms with van der Waals surface area (Å²) < 4.78 is 5.15. The molecule has 0 spiro atoms. The molecule has 0 aliphatic heterocycles. The number of rotatable bonds is 3. The molecule has 0 unspecified atom stereocenters. The van der Waals surface area contributed by atoms with Crippen LogP contribution < -0.4 is 10.1 Å². The molecule has 0 radical (unpaired) electrons. The molecular weight excluding hydrogens is 290 g/mol. The lowest BCUT2D eigenvalue weighted by Gasteiger charge is -2.11. The van der Waals surface area contributed by atoms with Crippen LogP contribution in [0.3, 0.4) is 0 Å². The SMILES string of the molecule is COc1ccc(NC(=O)c2cc3ccccc3cc2O)c(C)c1. The van der Waals surface area contributed by atoms with Gasteiger partial charge in [-0.25, -0.2) is 0 Å². The Balaban J connectivity index is 1.93. The topological polar surface area (TPSA) is 58.6 Å². The van der Waals surface area contributed by atoms with E-state index in [9.17, 15) is 9.90 Å². The molecule has 1 amide bonds. The van der Waals surface area contributed by atoms with Gasteiger partial charge in [-0.15, -0.1) is 0 Å². The number of aryl methyl sites for hydroxylation is 1. The van der Waals surface area contributed by atoms with Gasteiger partial charge in [0.2, 0.25) is 0 Å². The molecule has 0 atom stereocenters. The van der Waals surface area contributed by atoms with E-state index in [1.165, 1.54) is 0 Å². The van der Waals surface area contributed by atoms with Crippen LogP contribution >= 0.6 is 0 Å². The van der Waals surface area contributed by atoms with Crippen molar-refractivity contribution in [3.63, 3.8) is 0 Å². The normalized spacial score (nSPS) is 10.5. The molecule has 0 fully saturated rings. The number of hydrogen-bond acceptors (Lipinski definition) is 3. The van der Waals surface area contributed by atoms with Gasteiger partial charge in [0.05, 0.1) is 12.7 Å². The van der Waals surface area contributed by atoms with E-state index in [2.05, 4.69) is 5.32 Å². The van der Waals surface area contributed by atoms with Crippen molar-refractivity contribution in [3.05, 3.63) is 65.7 Å². The van der Waals surface area contributed by atoms with Gasteiger partial charge in [0.1, 0.15) is 11.5 Å². The summed E-state index contributed by atoms with van der Waals surface area (Å²) in [7, 11) is 1.60.